The van der Waals surface area contributed by atoms with E-state index in [1.807, 2.05) is 0 Å². The van der Waals surface area contributed by atoms with Crippen LogP contribution >= 0.6 is 0 Å². The van der Waals surface area contributed by atoms with Gasteiger partial charge in [0, 0.05) is 25.2 Å². The summed E-state index contributed by atoms with van der Waals surface area (Å²) in [6.45, 7) is 0.404. The molecule has 1 atom stereocenters. The highest BCUT2D eigenvalue weighted by Crippen LogP contribution is 2.17. The molecule has 0 spiro atoms. The van der Waals surface area contributed by atoms with Gasteiger partial charge in [-0.05, 0) is 18.6 Å². The quantitative estimate of drug-likeness (QED) is 0.685. The van der Waals surface area contributed by atoms with E-state index in [1.165, 1.54) is 32.6 Å². The van der Waals surface area contributed by atoms with E-state index in [9.17, 15) is 18.8 Å². The third kappa shape index (κ3) is 3.71. The number of carbonyl (C=O) groups excluding carboxylic acids is 2. The summed E-state index contributed by atoms with van der Waals surface area (Å²) in [6, 6.07) is 10.1. The Bertz CT molecular complexity index is 1170. The van der Waals surface area contributed by atoms with E-state index in [2.05, 4.69) is 15.4 Å². The van der Waals surface area contributed by atoms with Crippen molar-refractivity contribution in [3.05, 3.63) is 76.4 Å². The van der Waals surface area contributed by atoms with Crippen LogP contribution in [0.2, 0.25) is 0 Å². The lowest BCUT2D eigenvalue weighted by Gasteiger charge is -2.21. The number of aromatic nitrogens is 4. The van der Waals surface area contributed by atoms with Crippen LogP contribution < -0.4 is 15.8 Å². The predicted molar refractivity (Wildman–Crippen MR) is 106 cm³/mol. The van der Waals surface area contributed by atoms with Crippen LogP contribution in [0.1, 0.15) is 22.6 Å². The lowest BCUT2D eigenvalue weighted by molar-refractivity contribution is -0.120. The zero-order chi connectivity index (χ0) is 21.3. The van der Waals surface area contributed by atoms with E-state index in [4.69, 9.17) is 0 Å². The van der Waals surface area contributed by atoms with Crippen molar-refractivity contribution in [2.24, 2.45) is 0 Å². The Morgan fingerprint density at radius 1 is 1.20 bits per heavy atom. The third-order valence-electron chi connectivity index (χ3n) is 4.98. The molecule has 0 aliphatic carbocycles. The van der Waals surface area contributed by atoms with Crippen molar-refractivity contribution in [2.75, 3.05) is 11.9 Å². The zero-order valence-electron chi connectivity index (χ0n) is 16.2. The number of halogens is 1. The second-order valence-electron chi connectivity index (χ2n) is 6.94. The molecular weight excluding hydrogens is 391 g/mol. The average molecular weight is 410 g/mol. The number of hydrogen-bond donors (Lipinski definition) is 1. The molecule has 1 unspecified atom stereocenters. The minimum absolute atomic E-state index is 0.121. The highest BCUT2D eigenvalue weighted by molar-refractivity contribution is 6.00. The molecule has 1 aliphatic heterocycles. The molecule has 0 saturated carbocycles. The summed E-state index contributed by atoms with van der Waals surface area (Å²) in [5, 5.41) is 6.72. The zero-order valence-corrected chi connectivity index (χ0v) is 16.2. The molecule has 0 bridgehead atoms. The molecular formula is C20H19FN6O3. The van der Waals surface area contributed by atoms with Gasteiger partial charge in [0.1, 0.15) is 24.0 Å². The van der Waals surface area contributed by atoms with Crippen molar-refractivity contribution in [1.29, 1.82) is 0 Å². The number of fused-ring (bicyclic) bond motifs is 1. The average Bonchev–Trinajstić information content (AvgIpc) is 3.16. The highest BCUT2D eigenvalue weighted by atomic mass is 19.1. The van der Waals surface area contributed by atoms with Gasteiger partial charge in [0.25, 0.3) is 11.5 Å². The van der Waals surface area contributed by atoms with Crippen LogP contribution in [0.25, 0.3) is 0 Å². The first-order chi connectivity index (χ1) is 14.4. The summed E-state index contributed by atoms with van der Waals surface area (Å²) in [6.07, 6.45) is 1.58. The number of nitrogens with one attached hydrogen (secondary N) is 1. The van der Waals surface area contributed by atoms with Gasteiger partial charge in [-0.25, -0.2) is 14.1 Å². The summed E-state index contributed by atoms with van der Waals surface area (Å²) >= 11 is 0. The Kier molecular flexibility index (Phi) is 5.13. The van der Waals surface area contributed by atoms with Crippen molar-refractivity contribution in [2.45, 2.75) is 25.6 Å². The van der Waals surface area contributed by atoms with Crippen molar-refractivity contribution < 1.29 is 14.0 Å². The first kappa shape index (κ1) is 19.5. The first-order valence-electron chi connectivity index (χ1n) is 9.35. The molecule has 1 aromatic carbocycles. The molecule has 0 saturated heterocycles. The monoisotopic (exact) mass is 410 g/mol. The lowest BCUT2D eigenvalue weighted by Crippen LogP contribution is -2.47. The summed E-state index contributed by atoms with van der Waals surface area (Å²) < 4.78 is 16.6. The van der Waals surface area contributed by atoms with E-state index in [0.717, 1.165) is 0 Å². The van der Waals surface area contributed by atoms with Crippen LogP contribution in [0.15, 0.2) is 53.6 Å². The van der Waals surface area contributed by atoms with Gasteiger partial charge in [0.05, 0.1) is 6.54 Å². The standard InChI is InChI=1S/C20H19FN6O3/c1-25-16-7-4-8-17(28)27(16)10-9-15(20(25)30)23-19(29)18-22-12-26(24-18)11-13-5-2-3-6-14(13)21/h2-8,12,15H,9-11H2,1H3,(H,23,29). The third-order valence-corrected chi connectivity index (χ3v) is 4.98. The SMILES string of the molecule is CN1C(=O)C(NC(=O)c2ncn(Cc3ccccc3F)n2)CCn2c1cccc2=O. The molecule has 0 radical (unpaired) electrons. The van der Waals surface area contributed by atoms with Crippen molar-refractivity contribution >= 4 is 17.6 Å². The number of hydrogen-bond acceptors (Lipinski definition) is 5. The molecule has 0 fully saturated rings. The van der Waals surface area contributed by atoms with Gasteiger partial charge in [-0.2, -0.15) is 0 Å². The number of anilines is 1. The van der Waals surface area contributed by atoms with Crippen LogP contribution in [0.4, 0.5) is 10.2 Å². The summed E-state index contributed by atoms with van der Waals surface area (Å²) in [5.41, 5.74) is 0.200. The minimum Gasteiger partial charge on any atom is -0.337 e. The molecule has 9 nitrogen and oxygen atoms in total. The number of amides is 2. The number of carbonyl (C=O) groups is 2. The molecule has 10 heteroatoms. The summed E-state index contributed by atoms with van der Waals surface area (Å²) in [4.78, 5) is 42.8. The molecule has 1 aliphatic rings. The van der Waals surface area contributed by atoms with Gasteiger partial charge < -0.3 is 5.32 Å². The molecule has 2 amide bonds. The molecule has 30 heavy (non-hydrogen) atoms. The van der Waals surface area contributed by atoms with Crippen LogP contribution in [0, 0.1) is 5.82 Å². The second-order valence-corrected chi connectivity index (χ2v) is 6.94. The normalized spacial score (nSPS) is 16.1. The predicted octanol–water partition coefficient (Wildman–Crippen LogP) is 0.792. The molecule has 3 aromatic rings. The summed E-state index contributed by atoms with van der Waals surface area (Å²) in [5.74, 6) is -0.989. The molecule has 154 valence electrons. The van der Waals surface area contributed by atoms with Gasteiger partial charge in [-0.3, -0.25) is 23.9 Å². The van der Waals surface area contributed by atoms with Crippen molar-refractivity contribution in [3.8, 4) is 0 Å². The van der Waals surface area contributed by atoms with Crippen LogP contribution in [0.5, 0.6) is 0 Å². The fourth-order valence-corrected chi connectivity index (χ4v) is 3.39. The van der Waals surface area contributed by atoms with Gasteiger partial charge in [-0.15, -0.1) is 5.10 Å². The first-order valence-corrected chi connectivity index (χ1v) is 9.35. The van der Waals surface area contributed by atoms with E-state index in [0.29, 0.717) is 11.4 Å². The van der Waals surface area contributed by atoms with Crippen LogP contribution in [0.3, 0.4) is 0 Å². The van der Waals surface area contributed by atoms with Gasteiger partial charge in [-0.1, -0.05) is 24.3 Å². The van der Waals surface area contributed by atoms with E-state index < -0.39 is 11.9 Å². The van der Waals surface area contributed by atoms with Gasteiger partial charge >= 0.3 is 0 Å². The number of rotatable bonds is 4. The van der Waals surface area contributed by atoms with Crippen molar-refractivity contribution in [3.63, 3.8) is 0 Å². The van der Waals surface area contributed by atoms with Crippen LogP contribution in [-0.2, 0) is 17.9 Å². The Labute approximate surface area is 170 Å². The maximum Gasteiger partial charge on any atom is 0.291 e. The topological polar surface area (TPSA) is 102 Å². The summed E-state index contributed by atoms with van der Waals surface area (Å²) in [7, 11) is 1.56. The minimum atomic E-state index is -0.833. The fraction of sp³-hybridized carbons (Fsp3) is 0.250. The van der Waals surface area contributed by atoms with Crippen molar-refractivity contribution in [1.82, 2.24) is 24.6 Å². The van der Waals surface area contributed by atoms with Gasteiger partial charge in [0.15, 0.2) is 0 Å². The Morgan fingerprint density at radius 3 is 2.80 bits per heavy atom. The second kappa shape index (κ2) is 7.90. The Morgan fingerprint density at radius 2 is 2.00 bits per heavy atom. The number of nitrogens with zero attached hydrogens (tertiary/aromatic N) is 5. The maximum absolute atomic E-state index is 13.8. The van der Waals surface area contributed by atoms with E-state index in [1.54, 1.807) is 37.4 Å². The van der Waals surface area contributed by atoms with Gasteiger partial charge in [0.2, 0.25) is 11.7 Å². The lowest BCUT2D eigenvalue weighted by atomic mass is 10.2. The van der Waals surface area contributed by atoms with Crippen LogP contribution in [-0.4, -0.2) is 44.2 Å². The molecule has 1 N–H and O–H groups in total. The Hall–Kier alpha value is -3.82. The maximum atomic E-state index is 13.8. The number of benzene rings is 1. The van der Waals surface area contributed by atoms with E-state index >= 15 is 0 Å². The number of pyridine rings is 1. The Balaban J connectivity index is 1.47. The molecule has 3 heterocycles. The molecule has 4 rings (SSSR count). The fourth-order valence-electron chi connectivity index (χ4n) is 3.39. The number of likely N-dealkylation sites (N-methyl/N-ethyl adjacent to an activating group) is 1. The largest absolute Gasteiger partial charge is 0.337 e. The smallest absolute Gasteiger partial charge is 0.291 e. The highest BCUT2D eigenvalue weighted by Gasteiger charge is 2.30. The van der Waals surface area contributed by atoms with E-state index in [-0.39, 0.29) is 42.6 Å². The molecule has 2 aromatic heterocycles.